The van der Waals surface area contributed by atoms with Crippen LogP contribution in [0.4, 0.5) is 0 Å². The van der Waals surface area contributed by atoms with Crippen LogP contribution in [0.25, 0.3) is 0 Å². The quantitative estimate of drug-likeness (QED) is 0.479. The zero-order valence-electron chi connectivity index (χ0n) is 13.3. The third-order valence-corrected chi connectivity index (χ3v) is 5.16. The first-order valence-electron chi connectivity index (χ1n) is 8.53. The van der Waals surface area contributed by atoms with Crippen LogP contribution in [-0.2, 0) is 9.53 Å². The van der Waals surface area contributed by atoms with Crippen LogP contribution in [0.1, 0.15) is 58.3 Å². The maximum absolute atomic E-state index is 11.2. The van der Waals surface area contributed by atoms with Crippen LogP contribution < -0.4 is 0 Å². The smallest absolute Gasteiger partial charge is 0.305 e. The predicted molar refractivity (Wildman–Crippen MR) is 81.5 cm³/mol. The SMILES string of the molecule is CCOC(=O)CCCCCN(C)CC1CC2CCC1C2. The van der Waals surface area contributed by atoms with Gasteiger partial charge in [-0.1, -0.05) is 12.8 Å². The van der Waals surface area contributed by atoms with Gasteiger partial charge in [0, 0.05) is 13.0 Å². The van der Waals surface area contributed by atoms with Gasteiger partial charge in [-0.05, 0) is 70.4 Å². The fourth-order valence-corrected chi connectivity index (χ4v) is 4.15. The molecule has 0 radical (unpaired) electrons. The van der Waals surface area contributed by atoms with Gasteiger partial charge in [0.05, 0.1) is 6.61 Å². The van der Waals surface area contributed by atoms with E-state index in [1.54, 1.807) is 0 Å². The number of unbranched alkanes of at least 4 members (excludes halogenated alkanes) is 2. The summed E-state index contributed by atoms with van der Waals surface area (Å²) < 4.78 is 4.94. The van der Waals surface area contributed by atoms with Gasteiger partial charge in [-0.25, -0.2) is 0 Å². The molecule has 3 heteroatoms. The zero-order valence-corrected chi connectivity index (χ0v) is 13.3. The molecule has 3 nitrogen and oxygen atoms in total. The lowest BCUT2D eigenvalue weighted by atomic mass is 9.88. The van der Waals surface area contributed by atoms with E-state index in [0.717, 1.165) is 30.6 Å². The monoisotopic (exact) mass is 281 g/mol. The summed E-state index contributed by atoms with van der Waals surface area (Å²) in [6.45, 7) is 4.84. The van der Waals surface area contributed by atoms with Crippen LogP contribution in [-0.4, -0.2) is 37.6 Å². The van der Waals surface area contributed by atoms with Gasteiger partial charge < -0.3 is 9.64 Å². The molecular formula is C17H31NO2. The molecule has 0 aromatic carbocycles. The van der Waals surface area contributed by atoms with Crippen LogP contribution >= 0.6 is 0 Å². The predicted octanol–water partition coefficient (Wildman–Crippen LogP) is 3.48. The van der Waals surface area contributed by atoms with Crippen molar-refractivity contribution in [2.45, 2.75) is 58.3 Å². The van der Waals surface area contributed by atoms with E-state index in [-0.39, 0.29) is 5.97 Å². The molecule has 20 heavy (non-hydrogen) atoms. The minimum absolute atomic E-state index is 0.0390. The van der Waals surface area contributed by atoms with Gasteiger partial charge in [0.15, 0.2) is 0 Å². The Morgan fingerprint density at radius 3 is 2.70 bits per heavy atom. The molecule has 0 aliphatic heterocycles. The van der Waals surface area contributed by atoms with Gasteiger partial charge in [0.2, 0.25) is 0 Å². The number of ether oxygens (including phenoxy) is 1. The molecule has 2 aliphatic rings. The Kier molecular flexibility index (Phi) is 6.34. The molecule has 116 valence electrons. The van der Waals surface area contributed by atoms with Gasteiger partial charge >= 0.3 is 5.97 Å². The van der Waals surface area contributed by atoms with Gasteiger partial charge in [0.1, 0.15) is 0 Å². The number of rotatable bonds is 9. The number of hydrogen-bond donors (Lipinski definition) is 0. The molecule has 0 saturated heterocycles. The third-order valence-electron chi connectivity index (χ3n) is 5.16. The molecular weight excluding hydrogens is 250 g/mol. The Bertz CT molecular complexity index is 305. The minimum Gasteiger partial charge on any atom is -0.466 e. The fourth-order valence-electron chi connectivity index (χ4n) is 4.15. The average Bonchev–Trinajstić information content (AvgIpc) is 3.01. The first-order chi connectivity index (χ1) is 9.69. The summed E-state index contributed by atoms with van der Waals surface area (Å²) in [5, 5.41) is 0. The molecule has 2 fully saturated rings. The third kappa shape index (κ3) is 4.76. The standard InChI is InChI=1S/C17H31NO2/c1-3-20-17(19)7-5-4-6-10-18(2)13-16-12-14-8-9-15(16)11-14/h14-16H,3-13H2,1-2H3. The van der Waals surface area contributed by atoms with Crippen molar-refractivity contribution >= 4 is 5.97 Å². The lowest BCUT2D eigenvalue weighted by molar-refractivity contribution is -0.143. The lowest BCUT2D eigenvalue weighted by Crippen LogP contribution is -2.29. The maximum atomic E-state index is 11.2. The first-order valence-corrected chi connectivity index (χ1v) is 8.53. The molecule has 3 unspecified atom stereocenters. The van der Waals surface area contributed by atoms with Gasteiger partial charge in [-0.3, -0.25) is 4.79 Å². The summed E-state index contributed by atoms with van der Waals surface area (Å²) in [4.78, 5) is 13.7. The van der Waals surface area contributed by atoms with E-state index in [1.165, 1.54) is 45.2 Å². The molecule has 2 bridgehead atoms. The van der Waals surface area contributed by atoms with Crippen molar-refractivity contribution in [3.8, 4) is 0 Å². The highest BCUT2D eigenvalue weighted by Crippen LogP contribution is 2.48. The molecule has 3 atom stereocenters. The minimum atomic E-state index is -0.0390. The highest BCUT2D eigenvalue weighted by Gasteiger charge is 2.39. The average molecular weight is 281 g/mol. The van der Waals surface area contributed by atoms with Gasteiger partial charge in [-0.2, -0.15) is 0 Å². The van der Waals surface area contributed by atoms with Crippen molar-refractivity contribution in [3.63, 3.8) is 0 Å². The molecule has 0 N–H and O–H groups in total. The lowest BCUT2D eigenvalue weighted by Gasteiger charge is -2.27. The summed E-state index contributed by atoms with van der Waals surface area (Å²) >= 11 is 0. The van der Waals surface area contributed by atoms with Crippen molar-refractivity contribution in [2.75, 3.05) is 26.7 Å². The fraction of sp³-hybridized carbons (Fsp3) is 0.941. The molecule has 2 saturated carbocycles. The summed E-state index contributed by atoms with van der Waals surface area (Å²) in [7, 11) is 2.26. The Morgan fingerprint density at radius 2 is 2.05 bits per heavy atom. The largest absolute Gasteiger partial charge is 0.466 e. The van der Waals surface area contributed by atoms with E-state index < -0.39 is 0 Å². The van der Waals surface area contributed by atoms with Crippen molar-refractivity contribution in [1.29, 1.82) is 0 Å². The number of carbonyl (C=O) groups is 1. The van der Waals surface area contributed by atoms with E-state index in [9.17, 15) is 4.79 Å². The summed E-state index contributed by atoms with van der Waals surface area (Å²) in [5.41, 5.74) is 0. The van der Waals surface area contributed by atoms with Crippen LogP contribution in [0.15, 0.2) is 0 Å². The van der Waals surface area contributed by atoms with Crippen molar-refractivity contribution in [2.24, 2.45) is 17.8 Å². The zero-order chi connectivity index (χ0) is 14.4. The van der Waals surface area contributed by atoms with E-state index in [4.69, 9.17) is 4.74 Å². The molecule has 0 heterocycles. The molecule has 0 aromatic rings. The normalized spacial score (nSPS) is 28.2. The molecule has 0 aromatic heterocycles. The van der Waals surface area contributed by atoms with E-state index in [0.29, 0.717) is 13.0 Å². The van der Waals surface area contributed by atoms with Crippen LogP contribution in [0.3, 0.4) is 0 Å². The summed E-state index contributed by atoms with van der Waals surface area (Å²) in [5.74, 6) is 3.02. The topological polar surface area (TPSA) is 29.5 Å². The molecule has 0 spiro atoms. The van der Waals surface area contributed by atoms with Crippen molar-refractivity contribution in [1.82, 2.24) is 4.90 Å². The molecule has 0 amide bonds. The van der Waals surface area contributed by atoms with Crippen LogP contribution in [0, 0.1) is 17.8 Å². The van der Waals surface area contributed by atoms with E-state index in [2.05, 4.69) is 11.9 Å². The van der Waals surface area contributed by atoms with E-state index >= 15 is 0 Å². The van der Waals surface area contributed by atoms with Crippen LogP contribution in [0.5, 0.6) is 0 Å². The second-order valence-electron chi connectivity index (χ2n) is 6.81. The second kappa shape index (κ2) is 8.02. The number of hydrogen-bond acceptors (Lipinski definition) is 3. The Hall–Kier alpha value is -0.570. The highest BCUT2D eigenvalue weighted by atomic mass is 16.5. The summed E-state index contributed by atoms with van der Waals surface area (Å²) in [6.07, 6.45) is 9.89. The van der Waals surface area contributed by atoms with E-state index in [1.807, 2.05) is 6.92 Å². The Morgan fingerprint density at radius 1 is 1.20 bits per heavy atom. The van der Waals surface area contributed by atoms with Crippen molar-refractivity contribution in [3.05, 3.63) is 0 Å². The van der Waals surface area contributed by atoms with Crippen molar-refractivity contribution < 1.29 is 9.53 Å². The number of carbonyl (C=O) groups excluding carboxylic acids is 1. The molecule has 2 aliphatic carbocycles. The van der Waals surface area contributed by atoms with Crippen LogP contribution in [0.2, 0.25) is 0 Å². The number of esters is 1. The second-order valence-corrected chi connectivity index (χ2v) is 6.81. The molecule has 2 rings (SSSR count). The first kappa shape index (κ1) is 15.8. The highest BCUT2D eigenvalue weighted by molar-refractivity contribution is 5.69. The van der Waals surface area contributed by atoms with Gasteiger partial charge in [-0.15, -0.1) is 0 Å². The Balaban J connectivity index is 1.48. The summed E-state index contributed by atoms with van der Waals surface area (Å²) in [6, 6.07) is 0. The number of nitrogens with zero attached hydrogens (tertiary/aromatic N) is 1. The number of fused-ring (bicyclic) bond motifs is 2. The Labute approximate surface area is 124 Å². The van der Waals surface area contributed by atoms with Gasteiger partial charge in [0.25, 0.3) is 0 Å². The maximum Gasteiger partial charge on any atom is 0.305 e.